The molecule has 5 nitrogen and oxygen atoms in total. The second-order valence-electron chi connectivity index (χ2n) is 3.69. The summed E-state index contributed by atoms with van der Waals surface area (Å²) < 4.78 is 1.94. The highest BCUT2D eigenvalue weighted by Crippen LogP contribution is 1.99. The number of nitrogens with zero attached hydrogens (tertiary/aromatic N) is 4. The Balaban J connectivity index is 2.33. The van der Waals surface area contributed by atoms with E-state index in [4.69, 9.17) is 0 Å². The molecular formula is C10H21N5. The largest absolute Gasteiger partial charge is 0.320 e. The van der Waals surface area contributed by atoms with Crippen molar-refractivity contribution in [2.45, 2.75) is 26.4 Å². The van der Waals surface area contributed by atoms with Crippen LogP contribution in [0.4, 0.5) is 0 Å². The maximum absolute atomic E-state index is 4.25. The number of hydrogen-bond acceptors (Lipinski definition) is 4. The van der Waals surface area contributed by atoms with Gasteiger partial charge in [0.05, 0.1) is 6.54 Å². The van der Waals surface area contributed by atoms with Crippen LogP contribution < -0.4 is 5.32 Å². The molecule has 0 aliphatic carbocycles. The van der Waals surface area contributed by atoms with E-state index in [1.165, 1.54) is 0 Å². The van der Waals surface area contributed by atoms with Crippen molar-refractivity contribution < 1.29 is 0 Å². The van der Waals surface area contributed by atoms with Crippen molar-refractivity contribution in [3.63, 3.8) is 0 Å². The second-order valence-corrected chi connectivity index (χ2v) is 3.69. The molecule has 1 N–H and O–H groups in total. The summed E-state index contributed by atoms with van der Waals surface area (Å²) in [5.74, 6) is 1.05. The van der Waals surface area contributed by atoms with Gasteiger partial charge in [0.2, 0.25) is 0 Å². The molecule has 0 saturated carbocycles. The molecule has 0 atom stereocenters. The molecule has 0 fully saturated rings. The van der Waals surface area contributed by atoms with Crippen LogP contribution in [0.25, 0.3) is 0 Å². The second kappa shape index (κ2) is 6.53. The Morgan fingerprint density at radius 2 is 2.33 bits per heavy atom. The molecule has 0 amide bonds. The molecule has 0 radical (unpaired) electrons. The van der Waals surface area contributed by atoms with E-state index in [-0.39, 0.29) is 0 Å². The van der Waals surface area contributed by atoms with Crippen LogP contribution in [0.5, 0.6) is 0 Å². The highest BCUT2D eigenvalue weighted by atomic mass is 15.3. The fraction of sp³-hybridized carbons (Fsp3) is 0.800. The summed E-state index contributed by atoms with van der Waals surface area (Å²) in [6.07, 6.45) is 2.79. The first-order chi connectivity index (χ1) is 7.27. The zero-order valence-corrected chi connectivity index (χ0v) is 9.90. The van der Waals surface area contributed by atoms with Gasteiger partial charge in [0.15, 0.2) is 0 Å². The van der Waals surface area contributed by atoms with Crippen LogP contribution >= 0.6 is 0 Å². The van der Waals surface area contributed by atoms with Gasteiger partial charge in [-0.2, -0.15) is 5.10 Å². The van der Waals surface area contributed by atoms with Gasteiger partial charge in [-0.3, -0.25) is 4.90 Å². The van der Waals surface area contributed by atoms with Gasteiger partial charge in [0.25, 0.3) is 0 Å². The van der Waals surface area contributed by atoms with Crippen LogP contribution in [0.3, 0.4) is 0 Å². The number of aryl methyl sites for hydroxylation is 1. The average molecular weight is 211 g/mol. The van der Waals surface area contributed by atoms with Crippen molar-refractivity contribution >= 4 is 0 Å². The summed E-state index contributed by atoms with van der Waals surface area (Å²) in [5.41, 5.74) is 0. The van der Waals surface area contributed by atoms with Gasteiger partial charge >= 0.3 is 0 Å². The minimum atomic E-state index is 0.873. The molecule has 0 bridgehead atoms. The standard InChI is InChI=1S/C10H21N5/c1-4-15-10(12-9-13-15)8-14(3)7-5-6-11-2/h9,11H,4-8H2,1-3H3. The van der Waals surface area contributed by atoms with Crippen LogP contribution in [0.15, 0.2) is 6.33 Å². The number of rotatable bonds is 7. The summed E-state index contributed by atoms with van der Waals surface area (Å²) >= 11 is 0. The third-order valence-electron chi connectivity index (χ3n) is 2.37. The molecule has 0 spiro atoms. The summed E-state index contributed by atoms with van der Waals surface area (Å²) in [6.45, 7) is 5.98. The smallest absolute Gasteiger partial charge is 0.140 e. The molecule has 1 rings (SSSR count). The summed E-state index contributed by atoms with van der Waals surface area (Å²) in [5, 5.41) is 7.30. The summed E-state index contributed by atoms with van der Waals surface area (Å²) in [4.78, 5) is 6.52. The fourth-order valence-electron chi connectivity index (χ4n) is 1.52. The average Bonchev–Trinajstić information content (AvgIpc) is 2.65. The zero-order valence-electron chi connectivity index (χ0n) is 9.90. The molecule has 0 aliphatic heterocycles. The van der Waals surface area contributed by atoms with E-state index in [9.17, 15) is 0 Å². The van der Waals surface area contributed by atoms with Crippen LogP contribution in [0, 0.1) is 0 Å². The first-order valence-corrected chi connectivity index (χ1v) is 5.47. The van der Waals surface area contributed by atoms with E-state index >= 15 is 0 Å². The van der Waals surface area contributed by atoms with Crippen molar-refractivity contribution in [3.8, 4) is 0 Å². The molecule has 0 aromatic carbocycles. The Morgan fingerprint density at radius 1 is 1.53 bits per heavy atom. The minimum absolute atomic E-state index is 0.873. The molecule has 15 heavy (non-hydrogen) atoms. The number of aromatic nitrogens is 3. The van der Waals surface area contributed by atoms with Crippen molar-refractivity contribution in [1.29, 1.82) is 0 Å². The first-order valence-electron chi connectivity index (χ1n) is 5.47. The highest BCUT2D eigenvalue weighted by molar-refractivity contribution is 4.83. The van der Waals surface area contributed by atoms with E-state index in [0.29, 0.717) is 0 Å². The molecule has 5 heteroatoms. The van der Waals surface area contributed by atoms with Crippen LogP contribution in [-0.2, 0) is 13.1 Å². The predicted molar refractivity (Wildman–Crippen MR) is 60.6 cm³/mol. The molecule has 0 aliphatic rings. The van der Waals surface area contributed by atoms with Crippen LogP contribution in [0.1, 0.15) is 19.2 Å². The molecule has 1 aromatic heterocycles. The van der Waals surface area contributed by atoms with Gasteiger partial charge in [0.1, 0.15) is 12.2 Å². The topological polar surface area (TPSA) is 46.0 Å². The minimum Gasteiger partial charge on any atom is -0.320 e. The molecular weight excluding hydrogens is 190 g/mol. The maximum Gasteiger partial charge on any atom is 0.140 e. The molecule has 0 saturated heterocycles. The number of nitrogens with one attached hydrogen (secondary N) is 1. The van der Waals surface area contributed by atoms with Gasteiger partial charge in [-0.05, 0) is 40.5 Å². The van der Waals surface area contributed by atoms with Crippen molar-refractivity contribution in [2.75, 3.05) is 27.2 Å². The Bertz CT molecular complexity index is 271. The lowest BCUT2D eigenvalue weighted by Gasteiger charge is -2.15. The zero-order chi connectivity index (χ0) is 11.1. The maximum atomic E-state index is 4.25. The Hall–Kier alpha value is -0.940. The van der Waals surface area contributed by atoms with E-state index in [1.54, 1.807) is 6.33 Å². The Labute approximate surface area is 91.5 Å². The van der Waals surface area contributed by atoms with Gasteiger partial charge in [-0.25, -0.2) is 9.67 Å². The van der Waals surface area contributed by atoms with Crippen LogP contribution in [0.2, 0.25) is 0 Å². The normalized spacial score (nSPS) is 11.2. The Kier molecular flexibility index (Phi) is 5.28. The SMILES string of the molecule is CCn1ncnc1CN(C)CCCNC. The lowest BCUT2D eigenvalue weighted by Crippen LogP contribution is -2.24. The van der Waals surface area contributed by atoms with Gasteiger partial charge in [-0.15, -0.1) is 0 Å². The van der Waals surface area contributed by atoms with Gasteiger partial charge in [0, 0.05) is 6.54 Å². The molecule has 0 unspecified atom stereocenters. The lowest BCUT2D eigenvalue weighted by atomic mass is 10.4. The van der Waals surface area contributed by atoms with Gasteiger partial charge < -0.3 is 5.32 Å². The third-order valence-corrected chi connectivity index (χ3v) is 2.37. The van der Waals surface area contributed by atoms with E-state index in [0.717, 1.165) is 38.4 Å². The van der Waals surface area contributed by atoms with E-state index in [2.05, 4.69) is 34.3 Å². The van der Waals surface area contributed by atoms with Crippen molar-refractivity contribution in [2.24, 2.45) is 0 Å². The summed E-state index contributed by atoms with van der Waals surface area (Å²) in [7, 11) is 4.10. The first kappa shape index (κ1) is 12.1. The number of hydrogen-bond donors (Lipinski definition) is 1. The summed E-state index contributed by atoms with van der Waals surface area (Å²) in [6, 6.07) is 0. The predicted octanol–water partition coefficient (Wildman–Crippen LogP) is 0.339. The fourth-order valence-corrected chi connectivity index (χ4v) is 1.52. The quantitative estimate of drug-likeness (QED) is 0.661. The molecule has 86 valence electrons. The van der Waals surface area contributed by atoms with Gasteiger partial charge in [-0.1, -0.05) is 0 Å². The lowest BCUT2D eigenvalue weighted by molar-refractivity contribution is 0.306. The van der Waals surface area contributed by atoms with Crippen molar-refractivity contribution in [1.82, 2.24) is 25.0 Å². The Morgan fingerprint density at radius 3 is 3.00 bits per heavy atom. The third kappa shape index (κ3) is 3.97. The molecule has 1 aromatic rings. The highest BCUT2D eigenvalue weighted by Gasteiger charge is 2.05. The molecule has 1 heterocycles. The van der Waals surface area contributed by atoms with E-state index < -0.39 is 0 Å². The van der Waals surface area contributed by atoms with E-state index in [1.807, 2.05) is 11.7 Å². The van der Waals surface area contributed by atoms with Crippen LogP contribution in [-0.4, -0.2) is 46.8 Å². The van der Waals surface area contributed by atoms with Crippen molar-refractivity contribution in [3.05, 3.63) is 12.2 Å². The monoisotopic (exact) mass is 211 g/mol.